The van der Waals surface area contributed by atoms with E-state index in [4.69, 9.17) is 9.64 Å². The van der Waals surface area contributed by atoms with Crippen LogP contribution >= 0.6 is 9.64 Å². The maximum absolute atomic E-state index is 8.34. The Labute approximate surface area is 339 Å². The standard InChI is InChI=1S/C48H30N8.ClH.Ga/c1-2-10-26-18-34-33(17-25(26)9-1)41-49-42(34)54-44-37-21-29-13-5-6-14-30(29)22-38(37)46(51-44)56-48-40-24-32-16-8-7-15-31(32)23-39(40)47(52-48)55-45-36-20-28-12-4-3-11-27(28)19-35(36)43(50-45)53-41;;/h1-24,49,52-56H;1H;/q-2;;+3/p-1. The number of H-pyrrole nitrogens is 2. The Hall–Kier alpha value is -6.91. The molecule has 8 aromatic carbocycles. The minimum atomic E-state index is -3.50. The Kier molecular flexibility index (Phi) is 5.99. The second-order valence-corrected chi connectivity index (χ2v) is 21.2. The zero-order chi connectivity index (χ0) is 37.8. The number of halogens is 1. The van der Waals surface area contributed by atoms with Gasteiger partial charge in [0.05, 0.1) is 0 Å². The van der Waals surface area contributed by atoms with Crippen LogP contribution in [0, 0.1) is 0 Å². The van der Waals surface area contributed by atoms with Gasteiger partial charge in [0, 0.05) is 0 Å². The molecule has 8 nitrogen and oxygen atoms in total. The molecule has 272 valence electrons. The predicted octanol–water partition coefficient (Wildman–Crippen LogP) is 13.4. The van der Waals surface area contributed by atoms with Gasteiger partial charge in [-0.25, -0.2) is 0 Å². The first-order valence-corrected chi connectivity index (χ1v) is 24.9. The monoisotopic (exact) mass is 822 g/mol. The number of anilines is 8. The van der Waals surface area contributed by atoms with Crippen LogP contribution < -0.4 is 21.3 Å². The fraction of sp³-hybridized carbons (Fsp3) is 0. The van der Waals surface area contributed by atoms with Gasteiger partial charge in [0.25, 0.3) is 0 Å². The summed E-state index contributed by atoms with van der Waals surface area (Å²) >= 11 is -3.50. The third-order valence-electron chi connectivity index (χ3n) is 12.5. The molecule has 0 saturated heterocycles. The van der Waals surface area contributed by atoms with Crippen molar-refractivity contribution in [2.45, 2.75) is 0 Å². The van der Waals surface area contributed by atoms with Gasteiger partial charge in [-0.1, -0.05) is 0 Å². The van der Waals surface area contributed by atoms with E-state index >= 15 is 0 Å². The van der Waals surface area contributed by atoms with Crippen LogP contribution in [0.4, 0.5) is 46.5 Å². The van der Waals surface area contributed by atoms with Crippen LogP contribution in [0.3, 0.4) is 0 Å². The van der Waals surface area contributed by atoms with Crippen LogP contribution in [0.25, 0.3) is 86.2 Å². The van der Waals surface area contributed by atoms with Crippen molar-refractivity contribution in [3.05, 3.63) is 146 Å². The summed E-state index contributed by atoms with van der Waals surface area (Å²) < 4.78 is 4.81. The molecule has 0 aliphatic carbocycles. The van der Waals surface area contributed by atoms with Crippen molar-refractivity contribution < 1.29 is 0 Å². The van der Waals surface area contributed by atoms with Crippen LogP contribution in [-0.4, -0.2) is 32.2 Å². The van der Waals surface area contributed by atoms with Crippen LogP contribution in [0.15, 0.2) is 146 Å². The predicted molar refractivity (Wildman–Crippen MR) is 246 cm³/mol. The normalized spacial score (nSPS) is 13.4. The van der Waals surface area contributed by atoms with E-state index in [0.29, 0.717) is 0 Å². The molecule has 2 aliphatic rings. The molecule has 6 N–H and O–H groups in total. The number of hydrogen-bond acceptors (Lipinski definition) is 4. The third-order valence-corrected chi connectivity index (χ3v) is 18.5. The number of hydrogen-bond donors (Lipinski definition) is 6. The van der Waals surface area contributed by atoms with E-state index in [1.165, 1.54) is 43.1 Å². The number of fused-ring (bicyclic) bond motifs is 20. The Bertz CT molecular complexity index is 3320. The molecule has 4 aromatic heterocycles. The third kappa shape index (κ3) is 4.16. The van der Waals surface area contributed by atoms with E-state index in [1.807, 2.05) is 0 Å². The molecule has 12 aromatic rings. The summed E-state index contributed by atoms with van der Waals surface area (Å²) in [4.78, 5) is 7.69. The molecule has 2 aliphatic heterocycles. The van der Waals surface area contributed by atoms with Crippen molar-refractivity contribution in [2.75, 3.05) is 21.3 Å². The van der Waals surface area contributed by atoms with E-state index in [2.05, 4.69) is 183 Å². The summed E-state index contributed by atoms with van der Waals surface area (Å²) in [6.07, 6.45) is 0. The summed E-state index contributed by atoms with van der Waals surface area (Å²) in [6, 6.07) is 52.8. The van der Waals surface area contributed by atoms with Gasteiger partial charge in [-0.2, -0.15) is 0 Å². The van der Waals surface area contributed by atoms with Crippen LogP contribution in [0.2, 0.25) is 0 Å². The van der Waals surface area contributed by atoms with Crippen molar-refractivity contribution in [3.8, 4) is 0 Å². The SMILES string of the molecule is [Cl][Ga]1[n]2c3c4cc5ccccc5cc4c2Nc2[nH]c(c4cc5ccccc5cc24)Nc2c4cc5ccccc5cc4c([n]21)Nc1[nH]c(c2cc4ccccc4cc12)N3. The Morgan fingerprint density at radius 3 is 0.741 bits per heavy atom. The first kappa shape index (κ1) is 31.2. The zero-order valence-corrected chi connectivity index (χ0v) is 33.9. The number of aromatic amines is 2. The van der Waals surface area contributed by atoms with Gasteiger partial charge in [0.1, 0.15) is 0 Å². The zero-order valence-electron chi connectivity index (χ0n) is 30.7. The first-order chi connectivity index (χ1) is 28.6. The Morgan fingerprint density at radius 1 is 0.310 bits per heavy atom. The summed E-state index contributed by atoms with van der Waals surface area (Å²) in [7, 11) is 8.34. The van der Waals surface area contributed by atoms with Gasteiger partial charge in [0.2, 0.25) is 0 Å². The fourth-order valence-electron chi connectivity index (χ4n) is 9.75. The molecule has 6 heterocycles. The molecule has 0 unspecified atom stereocenters. The fourth-order valence-corrected chi connectivity index (χ4v) is 15.8. The van der Waals surface area contributed by atoms with Crippen molar-refractivity contribution in [3.63, 3.8) is 0 Å². The molecular weight excluding hydrogens is 794 g/mol. The molecule has 0 spiro atoms. The van der Waals surface area contributed by atoms with Crippen molar-refractivity contribution >= 4 is 158 Å². The van der Waals surface area contributed by atoms with E-state index in [9.17, 15) is 0 Å². The number of nitrogens with zero attached hydrogens (tertiary/aromatic N) is 2. The molecule has 14 rings (SSSR count). The molecule has 6 bridgehead atoms. The van der Waals surface area contributed by atoms with Crippen LogP contribution in [0.1, 0.15) is 0 Å². The summed E-state index contributed by atoms with van der Waals surface area (Å²) in [6.45, 7) is 0. The van der Waals surface area contributed by atoms with Gasteiger partial charge >= 0.3 is 341 Å². The van der Waals surface area contributed by atoms with Crippen molar-refractivity contribution in [1.82, 2.24) is 16.5 Å². The van der Waals surface area contributed by atoms with Gasteiger partial charge in [-0.05, 0) is 0 Å². The summed E-state index contributed by atoms with van der Waals surface area (Å²) in [5.74, 6) is 7.46. The van der Waals surface area contributed by atoms with Gasteiger partial charge < -0.3 is 0 Å². The number of nitrogens with one attached hydrogen (secondary N) is 6. The molecule has 0 radical (unpaired) electrons. The maximum atomic E-state index is 8.34. The molecule has 10 heteroatoms. The second kappa shape index (κ2) is 11.1. The number of benzene rings is 8. The van der Waals surface area contributed by atoms with Crippen LogP contribution in [0.5, 0.6) is 0 Å². The minimum absolute atomic E-state index is 0.911. The van der Waals surface area contributed by atoms with E-state index in [-0.39, 0.29) is 0 Å². The second-order valence-electron chi connectivity index (χ2n) is 15.7. The molecule has 58 heavy (non-hydrogen) atoms. The number of aromatic nitrogens is 4. The van der Waals surface area contributed by atoms with E-state index in [0.717, 1.165) is 89.6 Å². The number of rotatable bonds is 0. The average molecular weight is 824 g/mol. The molecule has 0 fully saturated rings. The van der Waals surface area contributed by atoms with Crippen molar-refractivity contribution in [1.29, 1.82) is 0 Å². The van der Waals surface area contributed by atoms with Gasteiger partial charge in [-0.15, -0.1) is 0 Å². The van der Waals surface area contributed by atoms with E-state index in [1.54, 1.807) is 0 Å². The van der Waals surface area contributed by atoms with Gasteiger partial charge in [0.15, 0.2) is 0 Å². The van der Waals surface area contributed by atoms with Gasteiger partial charge in [-0.3, -0.25) is 0 Å². The summed E-state index contributed by atoms with van der Waals surface area (Å²) in [5, 5.41) is 34.1. The average Bonchev–Trinajstić information content (AvgIpc) is 3.95. The Balaban J connectivity index is 1.19. The van der Waals surface area contributed by atoms with Crippen molar-refractivity contribution in [2.24, 2.45) is 0 Å². The van der Waals surface area contributed by atoms with E-state index < -0.39 is 15.7 Å². The molecular formula is C48H30ClGaN8. The Morgan fingerprint density at radius 2 is 0.517 bits per heavy atom. The molecule has 0 amide bonds. The quantitative estimate of drug-likeness (QED) is 0.0860. The molecule has 0 atom stereocenters. The molecule has 0 saturated carbocycles. The first-order valence-electron chi connectivity index (χ1n) is 19.6. The van der Waals surface area contributed by atoms with Crippen LogP contribution in [-0.2, 0) is 0 Å². The summed E-state index contributed by atoms with van der Waals surface area (Å²) in [5.41, 5.74) is 0. The topological polar surface area (TPSA) is 89.6 Å².